The normalized spacial score (nSPS) is 12.3. The highest BCUT2D eigenvalue weighted by atomic mass is 79.9. The van der Waals surface area contributed by atoms with Crippen molar-refractivity contribution in [3.8, 4) is 0 Å². The Labute approximate surface area is 190 Å². The molecule has 3 rings (SSSR count). The summed E-state index contributed by atoms with van der Waals surface area (Å²) in [4.78, 5) is 12.9. The molecule has 0 radical (unpaired) electrons. The quantitative estimate of drug-likeness (QED) is 0.493. The number of nitrogens with zero attached hydrogens (tertiary/aromatic N) is 1. The van der Waals surface area contributed by atoms with E-state index in [0.29, 0.717) is 11.3 Å². The Hall–Kier alpha value is -2.71. The van der Waals surface area contributed by atoms with Gasteiger partial charge in [-0.2, -0.15) is 0 Å². The Kier molecular flexibility index (Phi) is 7.12. The molecule has 3 aromatic carbocycles. The molecule has 1 N–H and O–H groups in total. The average Bonchev–Trinajstić information content (AvgIpc) is 2.73. The average molecular weight is 505 g/mol. The third kappa shape index (κ3) is 5.71. The minimum Gasteiger partial charge on any atom is -0.348 e. The van der Waals surface area contributed by atoms with E-state index < -0.39 is 28.5 Å². The van der Waals surface area contributed by atoms with Crippen molar-refractivity contribution in [3.63, 3.8) is 0 Å². The predicted molar refractivity (Wildman–Crippen MR) is 123 cm³/mol. The number of hydrogen-bond acceptors (Lipinski definition) is 3. The van der Waals surface area contributed by atoms with Crippen LogP contribution in [0.15, 0.2) is 82.2 Å². The van der Waals surface area contributed by atoms with Crippen molar-refractivity contribution in [2.24, 2.45) is 0 Å². The molecule has 0 saturated carbocycles. The zero-order valence-electron chi connectivity index (χ0n) is 17.0. The van der Waals surface area contributed by atoms with Crippen molar-refractivity contribution in [1.82, 2.24) is 5.32 Å². The molecule has 0 bridgehead atoms. The summed E-state index contributed by atoms with van der Waals surface area (Å²) < 4.78 is 41.7. The molecule has 1 amide bonds. The molecule has 0 aliphatic rings. The van der Waals surface area contributed by atoms with E-state index in [9.17, 15) is 17.6 Å². The summed E-state index contributed by atoms with van der Waals surface area (Å²) in [5.74, 6) is -0.844. The fourth-order valence-corrected chi connectivity index (χ4v) is 4.70. The van der Waals surface area contributed by atoms with Gasteiger partial charge in [0.05, 0.1) is 16.6 Å². The van der Waals surface area contributed by atoms with E-state index >= 15 is 0 Å². The van der Waals surface area contributed by atoms with E-state index in [2.05, 4.69) is 21.2 Å². The van der Waals surface area contributed by atoms with Crippen LogP contribution in [0.1, 0.15) is 24.1 Å². The standard InChI is InChI=1S/C23H22BrFN2O3S/c1-16-3-13-22(14-4-16)31(29,30)27(21-11-7-19(24)8-12-21)15-23(28)26-17(2)18-5-9-20(25)10-6-18/h3-14,17H,15H2,1-2H3,(H,26,28)/t17-/m0/s1. The van der Waals surface area contributed by atoms with Crippen LogP contribution in [0, 0.1) is 12.7 Å². The number of anilines is 1. The second kappa shape index (κ2) is 9.62. The van der Waals surface area contributed by atoms with E-state index in [0.717, 1.165) is 14.3 Å². The number of hydrogen-bond donors (Lipinski definition) is 1. The summed E-state index contributed by atoms with van der Waals surface area (Å²) in [6.45, 7) is 3.22. The van der Waals surface area contributed by atoms with Crippen LogP contribution in [0.4, 0.5) is 10.1 Å². The maximum Gasteiger partial charge on any atom is 0.264 e. The first-order valence-corrected chi connectivity index (χ1v) is 11.8. The molecule has 0 aliphatic carbocycles. The zero-order valence-corrected chi connectivity index (χ0v) is 19.5. The smallest absolute Gasteiger partial charge is 0.264 e. The first-order valence-electron chi connectivity index (χ1n) is 9.56. The molecule has 1 atom stereocenters. The van der Waals surface area contributed by atoms with E-state index in [1.807, 2.05) is 6.92 Å². The van der Waals surface area contributed by atoms with Crippen molar-refractivity contribution in [2.45, 2.75) is 24.8 Å². The SMILES string of the molecule is Cc1ccc(S(=O)(=O)N(CC(=O)N[C@@H](C)c2ccc(F)cc2)c2ccc(Br)cc2)cc1. The molecule has 3 aromatic rings. The summed E-state index contributed by atoms with van der Waals surface area (Å²) in [6, 6.07) is 18.5. The van der Waals surface area contributed by atoms with Crippen molar-refractivity contribution >= 4 is 37.5 Å². The number of benzene rings is 3. The Balaban J connectivity index is 1.87. The van der Waals surface area contributed by atoms with Gasteiger partial charge in [0.25, 0.3) is 10.0 Å². The number of rotatable bonds is 7. The first-order chi connectivity index (χ1) is 14.7. The molecule has 0 saturated heterocycles. The van der Waals surface area contributed by atoms with Gasteiger partial charge in [0.2, 0.25) is 5.91 Å². The molecule has 0 unspecified atom stereocenters. The van der Waals surface area contributed by atoms with Gasteiger partial charge in [0, 0.05) is 4.47 Å². The fourth-order valence-electron chi connectivity index (χ4n) is 3.01. The number of amides is 1. The number of aryl methyl sites for hydroxylation is 1. The molecular weight excluding hydrogens is 483 g/mol. The lowest BCUT2D eigenvalue weighted by Gasteiger charge is -2.25. The van der Waals surface area contributed by atoms with Gasteiger partial charge in [0.1, 0.15) is 12.4 Å². The predicted octanol–water partition coefficient (Wildman–Crippen LogP) is 4.97. The summed E-state index contributed by atoms with van der Waals surface area (Å²) >= 11 is 3.34. The fraction of sp³-hybridized carbons (Fsp3) is 0.174. The summed E-state index contributed by atoms with van der Waals surface area (Å²) in [6.07, 6.45) is 0. The zero-order chi connectivity index (χ0) is 22.6. The van der Waals surface area contributed by atoms with Crippen molar-refractivity contribution in [3.05, 3.63) is 94.2 Å². The molecule has 0 spiro atoms. The number of nitrogens with one attached hydrogen (secondary N) is 1. The van der Waals surface area contributed by atoms with Gasteiger partial charge in [-0.15, -0.1) is 0 Å². The molecule has 31 heavy (non-hydrogen) atoms. The highest BCUT2D eigenvalue weighted by molar-refractivity contribution is 9.10. The number of carbonyl (C=O) groups is 1. The molecule has 0 fully saturated rings. The van der Waals surface area contributed by atoms with Crippen LogP contribution in [-0.2, 0) is 14.8 Å². The van der Waals surface area contributed by atoms with Gasteiger partial charge in [-0.1, -0.05) is 45.8 Å². The van der Waals surface area contributed by atoms with Gasteiger partial charge in [-0.3, -0.25) is 9.10 Å². The second-order valence-electron chi connectivity index (χ2n) is 7.14. The van der Waals surface area contributed by atoms with Gasteiger partial charge in [-0.25, -0.2) is 12.8 Å². The van der Waals surface area contributed by atoms with E-state index in [-0.39, 0.29) is 10.7 Å². The Bertz CT molecular complexity index is 1150. The molecule has 162 valence electrons. The van der Waals surface area contributed by atoms with Gasteiger partial charge < -0.3 is 5.32 Å². The lowest BCUT2D eigenvalue weighted by molar-refractivity contribution is -0.120. The Morgan fingerprint density at radius 2 is 1.58 bits per heavy atom. The van der Waals surface area contributed by atoms with Crippen LogP contribution in [0.5, 0.6) is 0 Å². The van der Waals surface area contributed by atoms with Gasteiger partial charge >= 0.3 is 0 Å². The maximum absolute atomic E-state index is 13.4. The number of halogens is 2. The highest BCUT2D eigenvalue weighted by Crippen LogP contribution is 2.25. The van der Waals surface area contributed by atoms with Gasteiger partial charge in [0.15, 0.2) is 0 Å². The lowest BCUT2D eigenvalue weighted by Crippen LogP contribution is -2.41. The molecule has 0 aliphatic heterocycles. The van der Waals surface area contributed by atoms with Crippen LogP contribution in [0.25, 0.3) is 0 Å². The summed E-state index contributed by atoms with van der Waals surface area (Å²) in [5, 5.41) is 2.78. The minimum absolute atomic E-state index is 0.0976. The molecule has 5 nitrogen and oxygen atoms in total. The topological polar surface area (TPSA) is 66.5 Å². The maximum atomic E-state index is 13.4. The van der Waals surface area contributed by atoms with Gasteiger partial charge in [-0.05, 0) is 67.9 Å². The number of sulfonamides is 1. The third-order valence-electron chi connectivity index (χ3n) is 4.76. The van der Waals surface area contributed by atoms with Crippen LogP contribution >= 0.6 is 15.9 Å². The van der Waals surface area contributed by atoms with E-state index in [4.69, 9.17) is 0 Å². The molecule has 8 heteroatoms. The third-order valence-corrected chi connectivity index (χ3v) is 7.08. The van der Waals surface area contributed by atoms with Crippen molar-refractivity contribution in [1.29, 1.82) is 0 Å². The Morgan fingerprint density at radius 1 is 1.00 bits per heavy atom. The van der Waals surface area contributed by atoms with E-state index in [1.165, 1.54) is 24.3 Å². The molecule has 0 heterocycles. The van der Waals surface area contributed by atoms with Crippen LogP contribution in [0.2, 0.25) is 0 Å². The first kappa shape index (κ1) is 23.0. The van der Waals surface area contributed by atoms with E-state index in [1.54, 1.807) is 55.5 Å². The second-order valence-corrected chi connectivity index (χ2v) is 9.92. The highest BCUT2D eigenvalue weighted by Gasteiger charge is 2.27. The minimum atomic E-state index is -3.98. The largest absolute Gasteiger partial charge is 0.348 e. The summed E-state index contributed by atoms with van der Waals surface area (Å²) in [5.41, 5.74) is 2.01. The van der Waals surface area contributed by atoms with Crippen LogP contribution in [-0.4, -0.2) is 20.9 Å². The van der Waals surface area contributed by atoms with Crippen LogP contribution < -0.4 is 9.62 Å². The number of carbonyl (C=O) groups excluding carboxylic acids is 1. The lowest BCUT2D eigenvalue weighted by atomic mass is 10.1. The Morgan fingerprint density at radius 3 is 2.16 bits per heavy atom. The van der Waals surface area contributed by atoms with Crippen LogP contribution in [0.3, 0.4) is 0 Å². The molecular formula is C23H22BrFN2O3S. The van der Waals surface area contributed by atoms with Crippen molar-refractivity contribution < 1.29 is 17.6 Å². The molecule has 0 aromatic heterocycles. The monoisotopic (exact) mass is 504 g/mol. The van der Waals surface area contributed by atoms with Crippen molar-refractivity contribution in [2.75, 3.05) is 10.8 Å². The summed E-state index contributed by atoms with van der Waals surface area (Å²) in [7, 11) is -3.98.